The van der Waals surface area contributed by atoms with Crippen molar-refractivity contribution in [2.75, 3.05) is 6.54 Å². The number of hydrogen-bond donors (Lipinski definition) is 2. The summed E-state index contributed by atoms with van der Waals surface area (Å²) < 4.78 is 0. The van der Waals surface area contributed by atoms with Crippen LogP contribution in [0, 0.1) is 0 Å². The zero-order valence-corrected chi connectivity index (χ0v) is 11.6. The fourth-order valence-electron chi connectivity index (χ4n) is 2.43. The molecule has 0 aromatic heterocycles. The van der Waals surface area contributed by atoms with Crippen LogP contribution in [0.15, 0.2) is 0 Å². The van der Waals surface area contributed by atoms with Crippen LogP contribution in [-0.4, -0.2) is 40.0 Å². The molecule has 1 aliphatic heterocycles. The van der Waals surface area contributed by atoms with E-state index in [4.69, 9.17) is 12.2 Å². The first-order valence-corrected chi connectivity index (χ1v) is 6.74. The van der Waals surface area contributed by atoms with Gasteiger partial charge in [0.05, 0.1) is 0 Å². The molecule has 0 radical (unpaired) electrons. The first kappa shape index (κ1) is 13.3. The van der Waals surface area contributed by atoms with E-state index in [0.29, 0.717) is 11.2 Å². The molecule has 0 aromatic carbocycles. The first-order valence-electron chi connectivity index (χ1n) is 6.33. The fourth-order valence-corrected chi connectivity index (χ4v) is 2.89. The van der Waals surface area contributed by atoms with Crippen molar-refractivity contribution in [1.29, 1.82) is 0 Å². The van der Waals surface area contributed by atoms with E-state index in [1.807, 2.05) is 0 Å². The van der Waals surface area contributed by atoms with E-state index in [0.717, 1.165) is 12.8 Å². The van der Waals surface area contributed by atoms with Crippen LogP contribution >= 0.6 is 12.2 Å². The number of imide groups is 1. The number of amides is 2. The van der Waals surface area contributed by atoms with Crippen LogP contribution in [0.1, 0.15) is 39.5 Å². The Hall–Kier alpha value is -1.17. The lowest BCUT2D eigenvalue weighted by atomic mass is 9.99. The maximum absolute atomic E-state index is 11.8. The Morgan fingerprint density at radius 3 is 2.61 bits per heavy atom. The smallest absolute Gasteiger partial charge is 0.251 e. The van der Waals surface area contributed by atoms with Gasteiger partial charge in [-0.15, -0.1) is 0 Å². The second kappa shape index (κ2) is 4.84. The molecular formula is C12H19N3O2S. The molecule has 6 heteroatoms. The minimum atomic E-state index is -0.781. The van der Waals surface area contributed by atoms with Crippen molar-refractivity contribution in [3.05, 3.63) is 0 Å². The highest BCUT2D eigenvalue weighted by Gasteiger charge is 2.42. The number of rotatable bonds is 1. The Morgan fingerprint density at radius 1 is 1.39 bits per heavy atom. The lowest BCUT2D eigenvalue weighted by Gasteiger charge is -2.42. The third-order valence-electron chi connectivity index (χ3n) is 3.71. The van der Waals surface area contributed by atoms with Crippen LogP contribution in [-0.2, 0) is 9.59 Å². The zero-order chi connectivity index (χ0) is 13.3. The average Bonchev–Trinajstić information content (AvgIpc) is 2.76. The van der Waals surface area contributed by atoms with E-state index in [-0.39, 0.29) is 18.4 Å². The van der Waals surface area contributed by atoms with Crippen molar-refractivity contribution in [2.24, 2.45) is 0 Å². The maximum atomic E-state index is 11.8. The molecule has 18 heavy (non-hydrogen) atoms. The van der Waals surface area contributed by atoms with Gasteiger partial charge in [-0.05, 0) is 38.9 Å². The van der Waals surface area contributed by atoms with Crippen molar-refractivity contribution in [3.8, 4) is 0 Å². The van der Waals surface area contributed by atoms with Gasteiger partial charge >= 0.3 is 0 Å². The molecular weight excluding hydrogens is 250 g/mol. The second-order valence-electron chi connectivity index (χ2n) is 5.45. The number of nitrogens with zero attached hydrogens (tertiary/aromatic N) is 1. The highest BCUT2D eigenvalue weighted by atomic mass is 32.1. The molecule has 5 nitrogen and oxygen atoms in total. The van der Waals surface area contributed by atoms with Gasteiger partial charge in [0.1, 0.15) is 12.1 Å². The molecule has 1 saturated carbocycles. The molecule has 2 amide bonds. The van der Waals surface area contributed by atoms with E-state index < -0.39 is 5.54 Å². The lowest BCUT2D eigenvalue weighted by molar-refractivity contribution is -0.141. The average molecular weight is 269 g/mol. The molecule has 0 bridgehead atoms. The molecule has 2 N–H and O–H groups in total. The number of nitrogens with one attached hydrogen (secondary N) is 2. The summed E-state index contributed by atoms with van der Waals surface area (Å²) in [7, 11) is 0. The van der Waals surface area contributed by atoms with Crippen LogP contribution in [0.5, 0.6) is 0 Å². The Kier molecular flexibility index (Phi) is 3.56. The molecule has 1 aliphatic carbocycles. The van der Waals surface area contributed by atoms with Crippen LogP contribution in [0.3, 0.4) is 0 Å². The Balaban J connectivity index is 2.06. The number of piperazine rings is 1. The SMILES string of the molecule is CC1(C)C(=O)NC(=O)CN1C(=S)NC1CCCC1. The zero-order valence-electron chi connectivity index (χ0n) is 10.8. The Bertz CT molecular complexity index is 389. The molecule has 1 saturated heterocycles. The van der Waals surface area contributed by atoms with Gasteiger partial charge in [-0.3, -0.25) is 14.9 Å². The molecule has 2 fully saturated rings. The van der Waals surface area contributed by atoms with Crippen molar-refractivity contribution < 1.29 is 9.59 Å². The van der Waals surface area contributed by atoms with Crippen LogP contribution in [0.4, 0.5) is 0 Å². The molecule has 2 aliphatic rings. The second-order valence-corrected chi connectivity index (χ2v) is 5.84. The van der Waals surface area contributed by atoms with Crippen molar-refractivity contribution in [2.45, 2.75) is 51.1 Å². The largest absolute Gasteiger partial charge is 0.360 e. The Morgan fingerprint density at radius 2 is 2.00 bits per heavy atom. The van der Waals surface area contributed by atoms with E-state index >= 15 is 0 Å². The predicted molar refractivity (Wildman–Crippen MR) is 71.9 cm³/mol. The molecule has 0 atom stereocenters. The molecule has 0 unspecified atom stereocenters. The lowest BCUT2D eigenvalue weighted by Crippen LogP contribution is -2.67. The number of carbonyl (C=O) groups excluding carboxylic acids is 2. The van der Waals surface area contributed by atoms with Gasteiger partial charge in [-0.25, -0.2) is 0 Å². The number of hydrogen-bond acceptors (Lipinski definition) is 3. The summed E-state index contributed by atoms with van der Waals surface area (Å²) in [4.78, 5) is 25.0. The van der Waals surface area contributed by atoms with Gasteiger partial charge in [0.25, 0.3) is 5.91 Å². The highest BCUT2D eigenvalue weighted by molar-refractivity contribution is 7.80. The predicted octanol–water partition coefficient (Wildman–Crippen LogP) is 0.540. The summed E-state index contributed by atoms with van der Waals surface area (Å²) in [6, 6.07) is 0.383. The molecule has 0 spiro atoms. The van der Waals surface area contributed by atoms with E-state index in [1.165, 1.54) is 12.8 Å². The van der Waals surface area contributed by atoms with E-state index in [2.05, 4.69) is 10.6 Å². The first-order chi connectivity index (χ1) is 8.41. The van der Waals surface area contributed by atoms with Crippen LogP contribution in [0.2, 0.25) is 0 Å². The fraction of sp³-hybridized carbons (Fsp3) is 0.750. The van der Waals surface area contributed by atoms with Crippen molar-refractivity contribution in [1.82, 2.24) is 15.5 Å². The monoisotopic (exact) mass is 269 g/mol. The maximum Gasteiger partial charge on any atom is 0.251 e. The molecule has 100 valence electrons. The van der Waals surface area contributed by atoms with E-state index in [9.17, 15) is 9.59 Å². The third-order valence-corrected chi connectivity index (χ3v) is 4.05. The number of thiocarbonyl (C=S) groups is 1. The van der Waals surface area contributed by atoms with Crippen LogP contribution in [0.25, 0.3) is 0 Å². The number of carbonyl (C=O) groups is 2. The summed E-state index contributed by atoms with van der Waals surface area (Å²) in [6.45, 7) is 3.69. The summed E-state index contributed by atoms with van der Waals surface area (Å²) in [5, 5.41) is 6.12. The standard InChI is InChI=1S/C12H19N3O2S/c1-12(2)10(17)14-9(16)7-15(12)11(18)13-8-5-3-4-6-8/h8H,3-7H2,1-2H3,(H,13,18)(H,14,16,17). The van der Waals surface area contributed by atoms with Gasteiger partial charge in [0, 0.05) is 6.04 Å². The summed E-state index contributed by atoms with van der Waals surface area (Å²) in [5.41, 5.74) is -0.781. The van der Waals surface area contributed by atoms with Gasteiger partial charge < -0.3 is 10.2 Å². The molecule has 0 aromatic rings. The summed E-state index contributed by atoms with van der Waals surface area (Å²) >= 11 is 5.35. The van der Waals surface area contributed by atoms with Gasteiger partial charge in [0.2, 0.25) is 5.91 Å². The van der Waals surface area contributed by atoms with Gasteiger partial charge in [-0.1, -0.05) is 12.8 Å². The minimum Gasteiger partial charge on any atom is -0.360 e. The summed E-state index contributed by atoms with van der Waals surface area (Å²) in [5.74, 6) is -0.593. The quantitative estimate of drug-likeness (QED) is 0.537. The minimum absolute atomic E-state index is 0.136. The van der Waals surface area contributed by atoms with Crippen LogP contribution < -0.4 is 10.6 Å². The Labute approximate surface area is 112 Å². The summed E-state index contributed by atoms with van der Waals surface area (Å²) in [6.07, 6.45) is 4.63. The molecule has 1 heterocycles. The van der Waals surface area contributed by atoms with E-state index in [1.54, 1.807) is 18.7 Å². The van der Waals surface area contributed by atoms with Crippen molar-refractivity contribution >= 4 is 29.1 Å². The third kappa shape index (κ3) is 2.48. The van der Waals surface area contributed by atoms with Gasteiger partial charge in [-0.2, -0.15) is 0 Å². The normalized spacial score (nSPS) is 24.0. The topological polar surface area (TPSA) is 61.4 Å². The molecule has 2 rings (SSSR count). The van der Waals surface area contributed by atoms with Gasteiger partial charge in [0.15, 0.2) is 5.11 Å². The highest BCUT2D eigenvalue weighted by Crippen LogP contribution is 2.21. The van der Waals surface area contributed by atoms with Crippen molar-refractivity contribution in [3.63, 3.8) is 0 Å².